The second-order valence-corrected chi connectivity index (χ2v) is 7.61. The third-order valence-corrected chi connectivity index (χ3v) is 5.28. The summed E-state index contributed by atoms with van der Waals surface area (Å²) in [5.74, 6) is 0. The summed E-state index contributed by atoms with van der Waals surface area (Å²) in [6, 6.07) is 4.99. The number of hydrogen-bond acceptors (Lipinski definition) is 4. The summed E-state index contributed by atoms with van der Waals surface area (Å²) < 4.78 is 1.16. The van der Waals surface area contributed by atoms with Crippen LogP contribution in [0.3, 0.4) is 0 Å². The van der Waals surface area contributed by atoms with Crippen molar-refractivity contribution >= 4 is 38.6 Å². The summed E-state index contributed by atoms with van der Waals surface area (Å²) >= 11 is 6.99. The molecule has 0 radical (unpaired) electrons. The van der Waals surface area contributed by atoms with E-state index in [-0.39, 0.29) is 0 Å². The van der Waals surface area contributed by atoms with Crippen molar-refractivity contribution in [2.75, 3.05) is 6.54 Å². The summed E-state index contributed by atoms with van der Waals surface area (Å²) in [5, 5.41) is 6.91. The van der Waals surface area contributed by atoms with Crippen LogP contribution in [0.4, 0.5) is 0 Å². The summed E-state index contributed by atoms with van der Waals surface area (Å²) in [4.78, 5) is 5.92. The second kappa shape index (κ2) is 5.18. The third kappa shape index (κ3) is 3.16. The predicted octanol–water partition coefficient (Wildman–Crippen LogP) is 3.93. The first-order valence-electron chi connectivity index (χ1n) is 5.75. The predicted molar refractivity (Wildman–Crippen MR) is 77.9 cm³/mol. The number of halogens is 1. The molecule has 5 heteroatoms. The van der Waals surface area contributed by atoms with Crippen LogP contribution in [-0.2, 0) is 6.42 Å². The van der Waals surface area contributed by atoms with Crippen LogP contribution >= 0.6 is 38.6 Å². The van der Waals surface area contributed by atoms with E-state index in [0.29, 0.717) is 0 Å². The average molecular weight is 329 g/mol. The van der Waals surface area contributed by atoms with Gasteiger partial charge in [0.1, 0.15) is 0 Å². The second-order valence-electron chi connectivity index (χ2n) is 4.21. The maximum absolute atomic E-state index is 4.68. The molecule has 0 aliphatic heterocycles. The molecule has 1 aliphatic carbocycles. The van der Waals surface area contributed by atoms with E-state index in [9.17, 15) is 0 Å². The average Bonchev–Trinajstić information content (AvgIpc) is 2.85. The van der Waals surface area contributed by atoms with Crippen molar-refractivity contribution in [2.24, 2.45) is 0 Å². The van der Waals surface area contributed by atoms with E-state index in [1.54, 1.807) is 22.7 Å². The largest absolute Gasteiger partial charge is 0.314 e. The number of nitrogens with zero attached hydrogens (tertiary/aromatic N) is 1. The molecule has 90 valence electrons. The monoisotopic (exact) mass is 328 g/mol. The highest BCUT2D eigenvalue weighted by atomic mass is 79.9. The maximum atomic E-state index is 4.68. The zero-order valence-corrected chi connectivity index (χ0v) is 12.5. The maximum Gasteiger partial charge on any atom is 0.0945 e. The van der Waals surface area contributed by atoms with Gasteiger partial charge in [0.15, 0.2) is 0 Å². The van der Waals surface area contributed by atoms with Crippen molar-refractivity contribution in [1.82, 2.24) is 10.3 Å². The Hall–Kier alpha value is -0.230. The fraction of sp³-hybridized carbons (Fsp3) is 0.417. The molecule has 2 aromatic rings. The molecule has 0 saturated heterocycles. The van der Waals surface area contributed by atoms with Crippen LogP contribution in [0, 0.1) is 0 Å². The Morgan fingerprint density at radius 1 is 1.41 bits per heavy atom. The zero-order valence-electron chi connectivity index (χ0n) is 9.28. The number of thiazole rings is 1. The Kier molecular flexibility index (Phi) is 3.61. The molecule has 1 fully saturated rings. The number of nitrogens with one attached hydrogen (secondary N) is 1. The molecule has 0 atom stereocenters. The molecule has 2 aromatic heterocycles. The van der Waals surface area contributed by atoms with Crippen LogP contribution < -0.4 is 5.32 Å². The lowest BCUT2D eigenvalue weighted by molar-refractivity contribution is 0.680. The van der Waals surface area contributed by atoms with Gasteiger partial charge in [0, 0.05) is 24.4 Å². The van der Waals surface area contributed by atoms with Gasteiger partial charge in [0.25, 0.3) is 0 Å². The van der Waals surface area contributed by atoms with Gasteiger partial charge in [-0.2, -0.15) is 0 Å². The van der Waals surface area contributed by atoms with Crippen LogP contribution in [0.25, 0.3) is 10.6 Å². The minimum absolute atomic E-state index is 0.794. The van der Waals surface area contributed by atoms with E-state index in [4.69, 9.17) is 0 Å². The van der Waals surface area contributed by atoms with Crippen LogP contribution in [-0.4, -0.2) is 17.6 Å². The molecule has 2 heterocycles. The van der Waals surface area contributed by atoms with E-state index >= 15 is 0 Å². The molecule has 0 amide bonds. The molecular formula is C12H13BrN2S2. The van der Waals surface area contributed by atoms with E-state index in [0.717, 1.165) is 28.5 Å². The minimum atomic E-state index is 0.794. The van der Waals surface area contributed by atoms with Gasteiger partial charge >= 0.3 is 0 Å². The van der Waals surface area contributed by atoms with Gasteiger partial charge in [0.2, 0.25) is 0 Å². The van der Waals surface area contributed by atoms with Crippen molar-refractivity contribution in [3.8, 4) is 10.6 Å². The van der Waals surface area contributed by atoms with Gasteiger partial charge in [-0.15, -0.1) is 22.7 Å². The molecule has 1 aliphatic rings. The summed E-state index contributed by atoms with van der Waals surface area (Å²) in [6.45, 7) is 1.06. The molecule has 17 heavy (non-hydrogen) atoms. The van der Waals surface area contributed by atoms with Gasteiger partial charge in [-0.05, 0) is 40.9 Å². The van der Waals surface area contributed by atoms with Crippen molar-refractivity contribution in [1.29, 1.82) is 0 Å². The lowest BCUT2D eigenvalue weighted by Crippen LogP contribution is -2.19. The van der Waals surface area contributed by atoms with Gasteiger partial charge in [-0.25, -0.2) is 4.98 Å². The van der Waals surface area contributed by atoms with Gasteiger partial charge in [-0.1, -0.05) is 0 Å². The quantitative estimate of drug-likeness (QED) is 0.899. The fourth-order valence-corrected chi connectivity index (χ4v) is 3.88. The highest BCUT2D eigenvalue weighted by molar-refractivity contribution is 9.11. The van der Waals surface area contributed by atoms with Crippen LogP contribution in [0.1, 0.15) is 17.8 Å². The lowest BCUT2D eigenvalue weighted by atomic mass is 10.4. The molecule has 1 N–H and O–H groups in total. The first-order chi connectivity index (χ1) is 8.31. The van der Waals surface area contributed by atoms with Gasteiger partial charge in [0.05, 0.1) is 19.4 Å². The Morgan fingerprint density at radius 2 is 2.29 bits per heavy atom. The van der Waals surface area contributed by atoms with Crippen LogP contribution in [0.5, 0.6) is 0 Å². The normalized spacial score (nSPS) is 15.4. The van der Waals surface area contributed by atoms with E-state index in [1.165, 1.54) is 22.7 Å². The Balaban J connectivity index is 1.61. The third-order valence-electron chi connectivity index (χ3n) is 2.73. The molecule has 1 saturated carbocycles. The van der Waals surface area contributed by atoms with Crippen molar-refractivity contribution in [3.63, 3.8) is 0 Å². The number of hydrogen-bond donors (Lipinski definition) is 1. The minimum Gasteiger partial charge on any atom is -0.314 e. The molecule has 2 nitrogen and oxygen atoms in total. The summed E-state index contributed by atoms with van der Waals surface area (Å²) in [7, 11) is 0. The first-order valence-corrected chi connectivity index (χ1v) is 8.24. The summed E-state index contributed by atoms with van der Waals surface area (Å²) in [6.07, 6.45) is 3.76. The standard InChI is InChI=1S/C12H13BrN2S2/c13-11-4-3-10(17-11)9-7-16-12(15-9)5-6-14-8-1-2-8/h3-4,7-8,14H,1-2,5-6H2. The molecule has 0 spiro atoms. The van der Waals surface area contributed by atoms with Crippen LogP contribution in [0.2, 0.25) is 0 Å². The zero-order chi connectivity index (χ0) is 11.7. The van der Waals surface area contributed by atoms with Gasteiger partial charge in [-0.3, -0.25) is 0 Å². The Morgan fingerprint density at radius 3 is 3.00 bits per heavy atom. The van der Waals surface area contributed by atoms with Crippen molar-refractivity contribution in [2.45, 2.75) is 25.3 Å². The molecule has 0 aromatic carbocycles. The van der Waals surface area contributed by atoms with E-state index < -0.39 is 0 Å². The number of aromatic nitrogens is 1. The molecular weight excluding hydrogens is 316 g/mol. The number of thiophene rings is 1. The Bertz CT molecular complexity index is 502. The highest BCUT2D eigenvalue weighted by Gasteiger charge is 2.19. The topological polar surface area (TPSA) is 24.9 Å². The number of rotatable bonds is 5. The van der Waals surface area contributed by atoms with Crippen LogP contribution in [0.15, 0.2) is 21.3 Å². The first kappa shape index (κ1) is 11.8. The summed E-state index contributed by atoms with van der Waals surface area (Å²) in [5.41, 5.74) is 1.12. The van der Waals surface area contributed by atoms with Crippen molar-refractivity contribution in [3.05, 3.63) is 26.3 Å². The molecule has 0 bridgehead atoms. The Labute approximate surface area is 117 Å². The van der Waals surface area contributed by atoms with E-state index in [2.05, 4.69) is 43.7 Å². The van der Waals surface area contributed by atoms with Crippen molar-refractivity contribution < 1.29 is 0 Å². The molecule has 0 unspecified atom stereocenters. The SMILES string of the molecule is Brc1ccc(-c2csc(CCNC3CC3)n2)s1. The molecule has 3 rings (SSSR count). The highest BCUT2D eigenvalue weighted by Crippen LogP contribution is 2.31. The smallest absolute Gasteiger partial charge is 0.0945 e. The van der Waals surface area contributed by atoms with E-state index in [1.807, 2.05) is 0 Å². The fourth-order valence-electron chi connectivity index (χ4n) is 1.66. The lowest BCUT2D eigenvalue weighted by Gasteiger charge is -1.98. The van der Waals surface area contributed by atoms with Gasteiger partial charge < -0.3 is 5.32 Å².